The van der Waals surface area contributed by atoms with Gasteiger partial charge in [0.25, 0.3) is 0 Å². The lowest BCUT2D eigenvalue weighted by Crippen LogP contribution is -2.49. The summed E-state index contributed by atoms with van der Waals surface area (Å²) >= 11 is 0. The zero-order valence-corrected chi connectivity index (χ0v) is 18.2. The van der Waals surface area contributed by atoms with E-state index in [1.807, 2.05) is 0 Å². The Morgan fingerprint density at radius 1 is 0.900 bits per heavy atom. The predicted molar refractivity (Wildman–Crippen MR) is 114 cm³/mol. The van der Waals surface area contributed by atoms with Gasteiger partial charge < -0.3 is 29.7 Å². The minimum atomic E-state index is -0.179. The molecule has 1 saturated heterocycles. The standard InChI is InChI=1S/C22H33N3O5/c1-28-18-13-17(14-19(29-2)20(18)30-3)24-22(27)25-11-9-16(10-12-25)23-21(26)15-7-5-4-6-8-15/h13-16H,4-12H2,1-3H3,(H,23,26)(H,24,27). The van der Waals surface area contributed by atoms with Crippen LogP contribution in [0.25, 0.3) is 0 Å². The van der Waals surface area contributed by atoms with E-state index in [1.165, 1.54) is 27.8 Å². The van der Waals surface area contributed by atoms with Crippen LogP contribution in [0.5, 0.6) is 17.2 Å². The Kier molecular flexibility index (Phi) is 7.65. The maximum absolute atomic E-state index is 12.7. The van der Waals surface area contributed by atoms with Crippen LogP contribution in [0.3, 0.4) is 0 Å². The van der Waals surface area contributed by atoms with Gasteiger partial charge in [0.2, 0.25) is 11.7 Å². The molecular formula is C22H33N3O5. The number of carbonyl (C=O) groups is 2. The van der Waals surface area contributed by atoms with Gasteiger partial charge in [0.05, 0.1) is 27.0 Å². The van der Waals surface area contributed by atoms with Crippen LogP contribution in [0.4, 0.5) is 10.5 Å². The molecule has 1 aliphatic carbocycles. The van der Waals surface area contributed by atoms with E-state index in [9.17, 15) is 9.59 Å². The van der Waals surface area contributed by atoms with E-state index in [0.29, 0.717) is 36.0 Å². The van der Waals surface area contributed by atoms with Crippen molar-refractivity contribution < 1.29 is 23.8 Å². The first-order chi connectivity index (χ1) is 14.5. The highest BCUT2D eigenvalue weighted by atomic mass is 16.5. The van der Waals surface area contributed by atoms with Crippen molar-refractivity contribution in [3.8, 4) is 17.2 Å². The average Bonchev–Trinajstić information content (AvgIpc) is 2.79. The number of nitrogens with zero attached hydrogens (tertiary/aromatic N) is 1. The van der Waals surface area contributed by atoms with Gasteiger partial charge in [0.1, 0.15) is 0 Å². The zero-order chi connectivity index (χ0) is 21.5. The molecule has 0 radical (unpaired) electrons. The molecule has 8 nitrogen and oxygen atoms in total. The largest absolute Gasteiger partial charge is 0.493 e. The van der Waals surface area contributed by atoms with Crippen molar-refractivity contribution in [3.63, 3.8) is 0 Å². The van der Waals surface area contributed by atoms with Crippen molar-refractivity contribution in [1.29, 1.82) is 0 Å². The SMILES string of the molecule is COc1cc(NC(=O)N2CCC(NC(=O)C3CCCCC3)CC2)cc(OC)c1OC. The van der Waals surface area contributed by atoms with E-state index in [4.69, 9.17) is 14.2 Å². The molecule has 1 aliphatic heterocycles. The van der Waals surface area contributed by atoms with E-state index in [1.54, 1.807) is 17.0 Å². The van der Waals surface area contributed by atoms with Gasteiger partial charge in [-0.3, -0.25) is 4.79 Å². The molecule has 1 saturated carbocycles. The molecular weight excluding hydrogens is 386 g/mol. The summed E-state index contributed by atoms with van der Waals surface area (Å²) < 4.78 is 16.0. The minimum absolute atomic E-state index is 0.143. The lowest BCUT2D eigenvalue weighted by atomic mass is 9.88. The average molecular weight is 420 g/mol. The third-order valence-corrected chi connectivity index (χ3v) is 6.02. The Bertz CT molecular complexity index is 715. The van der Waals surface area contributed by atoms with Crippen LogP contribution in [-0.4, -0.2) is 57.3 Å². The first-order valence-corrected chi connectivity index (χ1v) is 10.7. The second-order valence-corrected chi connectivity index (χ2v) is 7.95. The van der Waals surface area contributed by atoms with Crippen LogP contribution in [0.15, 0.2) is 12.1 Å². The van der Waals surface area contributed by atoms with Gasteiger partial charge in [-0.25, -0.2) is 4.79 Å². The van der Waals surface area contributed by atoms with Crippen LogP contribution in [0.1, 0.15) is 44.9 Å². The molecule has 1 aromatic rings. The lowest BCUT2D eigenvalue weighted by molar-refractivity contribution is -0.126. The number of likely N-dealkylation sites (tertiary alicyclic amines) is 1. The molecule has 2 aliphatic rings. The number of amides is 3. The molecule has 2 fully saturated rings. The van der Waals surface area contributed by atoms with Gasteiger partial charge in [-0.05, 0) is 25.7 Å². The van der Waals surface area contributed by atoms with E-state index >= 15 is 0 Å². The Hall–Kier alpha value is -2.64. The zero-order valence-electron chi connectivity index (χ0n) is 18.2. The maximum Gasteiger partial charge on any atom is 0.321 e. The first-order valence-electron chi connectivity index (χ1n) is 10.7. The smallest absolute Gasteiger partial charge is 0.321 e. The van der Waals surface area contributed by atoms with Gasteiger partial charge >= 0.3 is 6.03 Å². The van der Waals surface area contributed by atoms with Gasteiger partial charge in [-0.2, -0.15) is 0 Å². The number of methoxy groups -OCH3 is 3. The summed E-state index contributed by atoms with van der Waals surface area (Å²) in [5, 5.41) is 6.10. The monoisotopic (exact) mass is 419 g/mol. The number of benzene rings is 1. The van der Waals surface area contributed by atoms with Crippen molar-refractivity contribution in [2.75, 3.05) is 39.7 Å². The van der Waals surface area contributed by atoms with Crippen LogP contribution in [-0.2, 0) is 4.79 Å². The molecule has 8 heteroatoms. The molecule has 0 unspecified atom stereocenters. The third-order valence-electron chi connectivity index (χ3n) is 6.02. The number of ether oxygens (including phenoxy) is 3. The number of anilines is 1. The van der Waals surface area contributed by atoms with Crippen molar-refractivity contribution in [2.24, 2.45) is 5.92 Å². The van der Waals surface area contributed by atoms with E-state index < -0.39 is 0 Å². The summed E-state index contributed by atoms with van der Waals surface area (Å²) in [7, 11) is 4.61. The summed E-state index contributed by atoms with van der Waals surface area (Å²) in [6.07, 6.45) is 7.07. The number of carbonyl (C=O) groups excluding carboxylic acids is 2. The van der Waals surface area contributed by atoms with Crippen LogP contribution in [0.2, 0.25) is 0 Å². The van der Waals surface area contributed by atoms with Crippen LogP contribution in [0, 0.1) is 5.92 Å². The highest BCUT2D eigenvalue weighted by Crippen LogP contribution is 2.40. The normalized spacial score (nSPS) is 17.9. The molecule has 0 spiro atoms. The van der Waals surface area contributed by atoms with Gasteiger partial charge in [0.15, 0.2) is 11.5 Å². The summed E-state index contributed by atoms with van der Waals surface area (Å²) in [5.41, 5.74) is 0.572. The Labute approximate surface area is 178 Å². The molecule has 2 N–H and O–H groups in total. The van der Waals surface area contributed by atoms with Crippen molar-refractivity contribution in [1.82, 2.24) is 10.2 Å². The topological polar surface area (TPSA) is 89.1 Å². The fourth-order valence-corrected chi connectivity index (χ4v) is 4.27. The van der Waals surface area contributed by atoms with Gasteiger partial charge in [0, 0.05) is 37.2 Å². The van der Waals surface area contributed by atoms with Crippen LogP contribution >= 0.6 is 0 Å². The molecule has 1 heterocycles. The summed E-state index contributed by atoms with van der Waals surface area (Å²) in [5.74, 6) is 1.80. The Morgan fingerprint density at radius 3 is 2.03 bits per heavy atom. The highest BCUT2D eigenvalue weighted by Gasteiger charge is 2.27. The molecule has 0 aromatic heterocycles. The lowest BCUT2D eigenvalue weighted by Gasteiger charge is -2.33. The number of nitrogens with one attached hydrogen (secondary N) is 2. The molecule has 0 atom stereocenters. The number of rotatable bonds is 6. The van der Waals surface area contributed by atoms with E-state index in [-0.39, 0.29) is 23.9 Å². The number of hydrogen-bond donors (Lipinski definition) is 2. The summed E-state index contributed by atoms with van der Waals surface area (Å²) in [6.45, 7) is 1.21. The molecule has 3 amide bonds. The Morgan fingerprint density at radius 2 is 1.50 bits per heavy atom. The number of urea groups is 1. The summed E-state index contributed by atoms with van der Waals surface area (Å²) in [4.78, 5) is 26.9. The molecule has 166 valence electrons. The second kappa shape index (κ2) is 10.4. The highest BCUT2D eigenvalue weighted by molar-refractivity contribution is 5.90. The fraction of sp³-hybridized carbons (Fsp3) is 0.636. The predicted octanol–water partition coefficient (Wildman–Crippen LogP) is 3.41. The van der Waals surface area contributed by atoms with E-state index in [2.05, 4.69) is 10.6 Å². The number of piperidine rings is 1. The minimum Gasteiger partial charge on any atom is -0.493 e. The molecule has 3 rings (SSSR count). The van der Waals surface area contributed by atoms with Crippen molar-refractivity contribution >= 4 is 17.6 Å². The fourth-order valence-electron chi connectivity index (χ4n) is 4.27. The maximum atomic E-state index is 12.7. The van der Waals surface area contributed by atoms with Crippen molar-refractivity contribution in [2.45, 2.75) is 51.0 Å². The number of hydrogen-bond acceptors (Lipinski definition) is 5. The Balaban J connectivity index is 1.52. The van der Waals surface area contributed by atoms with E-state index in [0.717, 1.165) is 38.5 Å². The first kappa shape index (κ1) is 22.1. The molecule has 0 bridgehead atoms. The third kappa shape index (κ3) is 5.29. The van der Waals surface area contributed by atoms with Crippen LogP contribution < -0.4 is 24.8 Å². The second-order valence-electron chi connectivity index (χ2n) is 7.95. The van der Waals surface area contributed by atoms with Gasteiger partial charge in [-0.15, -0.1) is 0 Å². The summed E-state index contributed by atoms with van der Waals surface area (Å²) in [6, 6.07) is 3.37. The molecule has 1 aromatic carbocycles. The quantitative estimate of drug-likeness (QED) is 0.738. The van der Waals surface area contributed by atoms with Crippen molar-refractivity contribution in [3.05, 3.63) is 12.1 Å². The van der Waals surface area contributed by atoms with Gasteiger partial charge in [-0.1, -0.05) is 19.3 Å². The molecule has 30 heavy (non-hydrogen) atoms.